The number of esters is 2. The van der Waals surface area contributed by atoms with Crippen LogP contribution in [0.1, 0.15) is 24.0 Å². The third kappa shape index (κ3) is 2.69. The Labute approximate surface area is 145 Å². The molecule has 4 rings (SSSR count). The van der Waals surface area contributed by atoms with Crippen molar-refractivity contribution < 1.29 is 23.9 Å². The molecule has 6 nitrogen and oxygen atoms in total. The highest BCUT2D eigenvalue weighted by molar-refractivity contribution is 5.94. The fraction of sp³-hybridized carbons (Fsp3) is 0.526. The van der Waals surface area contributed by atoms with Gasteiger partial charge in [0.25, 0.3) is 5.91 Å². The van der Waals surface area contributed by atoms with Gasteiger partial charge in [-0.2, -0.15) is 0 Å². The van der Waals surface area contributed by atoms with Crippen molar-refractivity contribution in [2.45, 2.75) is 32.8 Å². The number of fused-ring (bicyclic) bond motifs is 1. The normalized spacial score (nSPS) is 31.8. The van der Waals surface area contributed by atoms with Crippen LogP contribution in [0.25, 0.3) is 0 Å². The van der Waals surface area contributed by atoms with E-state index in [1.807, 2.05) is 32.0 Å². The molecule has 3 aliphatic rings. The Kier molecular flexibility index (Phi) is 3.78. The maximum absolute atomic E-state index is 12.4. The van der Waals surface area contributed by atoms with Crippen molar-refractivity contribution in [3.05, 3.63) is 29.3 Å². The summed E-state index contributed by atoms with van der Waals surface area (Å²) in [6, 6.07) is 5.77. The highest BCUT2D eigenvalue weighted by atomic mass is 16.6. The van der Waals surface area contributed by atoms with Gasteiger partial charge in [0.05, 0.1) is 11.8 Å². The average Bonchev–Trinajstić information content (AvgIpc) is 3.18. The van der Waals surface area contributed by atoms with Gasteiger partial charge >= 0.3 is 11.9 Å². The van der Waals surface area contributed by atoms with Crippen molar-refractivity contribution in [2.75, 3.05) is 11.9 Å². The molecule has 1 heterocycles. The molecule has 2 aliphatic carbocycles. The summed E-state index contributed by atoms with van der Waals surface area (Å²) in [4.78, 5) is 36.5. The zero-order valence-electron chi connectivity index (χ0n) is 14.3. The molecular formula is C19H21NO5. The molecule has 2 saturated carbocycles. The number of anilines is 1. The van der Waals surface area contributed by atoms with E-state index in [1.54, 1.807) is 0 Å². The van der Waals surface area contributed by atoms with Crippen LogP contribution in [-0.2, 0) is 23.9 Å². The van der Waals surface area contributed by atoms with Crippen molar-refractivity contribution in [1.82, 2.24) is 0 Å². The smallest absolute Gasteiger partial charge is 0.310 e. The molecule has 132 valence electrons. The van der Waals surface area contributed by atoms with Crippen LogP contribution in [0.5, 0.6) is 0 Å². The molecule has 0 radical (unpaired) electrons. The summed E-state index contributed by atoms with van der Waals surface area (Å²) in [6.45, 7) is 3.50. The maximum Gasteiger partial charge on any atom is 0.310 e. The summed E-state index contributed by atoms with van der Waals surface area (Å²) < 4.78 is 10.5. The van der Waals surface area contributed by atoms with Crippen LogP contribution in [0, 0.1) is 37.5 Å². The minimum absolute atomic E-state index is 0.0147. The number of nitrogens with one attached hydrogen (secondary N) is 1. The van der Waals surface area contributed by atoms with Crippen molar-refractivity contribution in [2.24, 2.45) is 23.7 Å². The number of rotatable bonds is 4. The van der Waals surface area contributed by atoms with Crippen LogP contribution in [0.15, 0.2) is 18.2 Å². The summed E-state index contributed by atoms with van der Waals surface area (Å²) in [5.41, 5.74) is 2.69. The van der Waals surface area contributed by atoms with Gasteiger partial charge < -0.3 is 14.8 Å². The summed E-state index contributed by atoms with van der Waals surface area (Å²) in [7, 11) is 0. The Morgan fingerprint density at radius 2 is 2.08 bits per heavy atom. The molecule has 1 N–H and O–H groups in total. The molecule has 2 bridgehead atoms. The lowest BCUT2D eigenvalue weighted by Crippen LogP contribution is -2.35. The predicted octanol–water partition coefficient (Wildman–Crippen LogP) is 1.98. The van der Waals surface area contributed by atoms with E-state index in [1.165, 1.54) is 0 Å². The van der Waals surface area contributed by atoms with Crippen LogP contribution >= 0.6 is 0 Å². The predicted molar refractivity (Wildman–Crippen MR) is 88.6 cm³/mol. The number of hydrogen-bond donors (Lipinski definition) is 1. The number of carbonyl (C=O) groups excluding carboxylic acids is 3. The van der Waals surface area contributed by atoms with Gasteiger partial charge in [-0.1, -0.05) is 12.1 Å². The van der Waals surface area contributed by atoms with Gasteiger partial charge in [-0.05, 0) is 49.8 Å². The first-order valence-electron chi connectivity index (χ1n) is 8.68. The van der Waals surface area contributed by atoms with Crippen molar-refractivity contribution in [1.29, 1.82) is 0 Å². The fourth-order valence-corrected chi connectivity index (χ4v) is 4.61. The highest BCUT2D eigenvalue weighted by Crippen LogP contribution is 2.57. The Morgan fingerprint density at radius 1 is 1.28 bits per heavy atom. The van der Waals surface area contributed by atoms with E-state index in [4.69, 9.17) is 9.47 Å². The number of hydrogen-bond acceptors (Lipinski definition) is 5. The molecule has 3 fully saturated rings. The van der Waals surface area contributed by atoms with Crippen molar-refractivity contribution in [3.8, 4) is 0 Å². The Hall–Kier alpha value is -2.37. The van der Waals surface area contributed by atoms with E-state index in [-0.39, 0.29) is 42.3 Å². The van der Waals surface area contributed by atoms with Crippen LogP contribution in [0.2, 0.25) is 0 Å². The first-order chi connectivity index (χ1) is 11.9. The quantitative estimate of drug-likeness (QED) is 0.846. The number of carbonyl (C=O) groups is 3. The van der Waals surface area contributed by atoms with Gasteiger partial charge in [0, 0.05) is 11.6 Å². The number of aryl methyl sites for hydroxylation is 2. The van der Waals surface area contributed by atoms with Crippen molar-refractivity contribution in [3.63, 3.8) is 0 Å². The van der Waals surface area contributed by atoms with Gasteiger partial charge in [0.1, 0.15) is 6.10 Å². The molecule has 1 aromatic rings. The van der Waals surface area contributed by atoms with Crippen LogP contribution in [0.3, 0.4) is 0 Å². The topological polar surface area (TPSA) is 81.7 Å². The zero-order chi connectivity index (χ0) is 17.7. The van der Waals surface area contributed by atoms with E-state index in [0.717, 1.165) is 24.0 Å². The lowest BCUT2D eigenvalue weighted by Gasteiger charge is -2.22. The Bertz CT molecular complexity index is 756. The van der Waals surface area contributed by atoms with Gasteiger partial charge in [-0.25, -0.2) is 0 Å². The molecule has 0 aromatic heterocycles. The monoisotopic (exact) mass is 343 g/mol. The molecule has 1 saturated heterocycles. The van der Waals surface area contributed by atoms with Crippen LogP contribution in [-0.4, -0.2) is 30.6 Å². The second-order valence-corrected chi connectivity index (χ2v) is 7.40. The lowest BCUT2D eigenvalue weighted by molar-refractivity contribution is -0.157. The largest absolute Gasteiger partial charge is 0.462 e. The summed E-state index contributed by atoms with van der Waals surface area (Å²) in [5.74, 6) is -1.65. The summed E-state index contributed by atoms with van der Waals surface area (Å²) >= 11 is 0. The summed E-state index contributed by atoms with van der Waals surface area (Å²) in [5, 5.41) is 2.77. The van der Waals surface area contributed by atoms with E-state index in [9.17, 15) is 14.4 Å². The van der Waals surface area contributed by atoms with Gasteiger partial charge in [-0.3, -0.25) is 14.4 Å². The molecule has 6 heteroatoms. The molecule has 0 unspecified atom stereocenters. The van der Waals surface area contributed by atoms with Crippen LogP contribution in [0.4, 0.5) is 5.69 Å². The third-order valence-corrected chi connectivity index (χ3v) is 5.77. The number of benzene rings is 1. The molecule has 1 aliphatic heterocycles. The third-order valence-electron chi connectivity index (χ3n) is 5.77. The molecule has 5 atom stereocenters. The minimum atomic E-state index is -0.454. The Balaban J connectivity index is 1.35. The molecule has 1 aromatic carbocycles. The first kappa shape index (κ1) is 16.1. The lowest BCUT2D eigenvalue weighted by atomic mass is 9.80. The second-order valence-electron chi connectivity index (χ2n) is 7.40. The van der Waals surface area contributed by atoms with E-state index in [0.29, 0.717) is 5.69 Å². The number of ether oxygens (including phenoxy) is 2. The molecule has 0 spiro atoms. The second kappa shape index (κ2) is 5.86. The van der Waals surface area contributed by atoms with Gasteiger partial charge in [-0.15, -0.1) is 0 Å². The van der Waals surface area contributed by atoms with Gasteiger partial charge in [0.2, 0.25) is 0 Å². The molecular weight excluding hydrogens is 322 g/mol. The standard InChI is InChI=1S/C19H21NO5/c1-9-3-4-10(2)13(5-9)20-15(21)8-24-18(22)16-11-6-12-14(7-11)25-19(23)17(12)16/h3-5,11-12,14,16-17H,6-8H2,1-2H3,(H,20,21)/t11-,12+,14-,16-,17-/m1/s1. The van der Waals surface area contributed by atoms with Gasteiger partial charge in [0.15, 0.2) is 6.61 Å². The first-order valence-corrected chi connectivity index (χ1v) is 8.68. The molecule has 25 heavy (non-hydrogen) atoms. The Morgan fingerprint density at radius 3 is 2.88 bits per heavy atom. The minimum Gasteiger partial charge on any atom is -0.462 e. The average molecular weight is 343 g/mol. The fourth-order valence-electron chi connectivity index (χ4n) is 4.61. The van der Waals surface area contributed by atoms with E-state index < -0.39 is 11.9 Å². The highest BCUT2D eigenvalue weighted by Gasteiger charge is 2.64. The maximum atomic E-state index is 12.4. The molecule has 1 amide bonds. The SMILES string of the molecule is Cc1ccc(C)c(NC(=O)COC(=O)[C@@H]2[C@@H]3C[C@@H]4[C@H]2C(=O)O[C@@H]4C3)c1. The summed E-state index contributed by atoms with van der Waals surface area (Å²) in [6.07, 6.45) is 1.57. The zero-order valence-corrected chi connectivity index (χ0v) is 14.3. The van der Waals surface area contributed by atoms with E-state index >= 15 is 0 Å². The number of amides is 1. The van der Waals surface area contributed by atoms with Crippen LogP contribution < -0.4 is 5.32 Å². The van der Waals surface area contributed by atoms with Crippen molar-refractivity contribution >= 4 is 23.5 Å². The van der Waals surface area contributed by atoms with E-state index in [2.05, 4.69) is 5.32 Å².